The monoisotopic (exact) mass is 253 g/mol. The molecule has 0 aliphatic carbocycles. The summed E-state index contributed by atoms with van der Waals surface area (Å²) in [6, 6.07) is 7.27. The summed E-state index contributed by atoms with van der Waals surface area (Å²) >= 11 is 0. The predicted octanol–water partition coefficient (Wildman–Crippen LogP) is 1.91. The van der Waals surface area contributed by atoms with E-state index in [1.54, 1.807) is 12.1 Å². The van der Waals surface area contributed by atoms with Crippen molar-refractivity contribution < 1.29 is 8.42 Å². The van der Waals surface area contributed by atoms with Gasteiger partial charge < -0.3 is 5.32 Å². The second-order valence-corrected chi connectivity index (χ2v) is 6.81. The summed E-state index contributed by atoms with van der Waals surface area (Å²) < 4.78 is 25.1. The quantitative estimate of drug-likeness (QED) is 0.875. The van der Waals surface area contributed by atoms with Crippen LogP contribution in [0.3, 0.4) is 0 Å². The Kier molecular flexibility index (Phi) is 3.84. The van der Waals surface area contributed by atoms with E-state index in [1.807, 2.05) is 19.1 Å². The summed E-state index contributed by atoms with van der Waals surface area (Å²) in [5.41, 5.74) is 0.852. The molecule has 0 aromatic heterocycles. The third-order valence-corrected chi connectivity index (χ3v) is 5.78. The van der Waals surface area contributed by atoms with Crippen molar-refractivity contribution in [3.05, 3.63) is 29.8 Å². The highest BCUT2D eigenvalue weighted by Crippen LogP contribution is 2.25. The number of aryl methyl sites for hydroxylation is 1. The van der Waals surface area contributed by atoms with Crippen LogP contribution in [0.2, 0.25) is 0 Å². The van der Waals surface area contributed by atoms with Crippen molar-refractivity contribution in [2.75, 3.05) is 13.1 Å². The van der Waals surface area contributed by atoms with E-state index in [2.05, 4.69) is 5.32 Å². The van der Waals surface area contributed by atoms with E-state index in [0.717, 1.165) is 37.9 Å². The number of rotatable bonds is 2. The van der Waals surface area contributed by atoms with E-state index in [1.165, 1.54) is 0 Å². The van der Waals surface area contributed by atoms with E-state index >= 15 is 0 Å². The van der Waals surface area contributed by atoms with Crippen LogP contribution >= 0.6 is 0 Å². The first-order valence-corrected chi connectivity index (χ1v) is 7.67. The van der Waals surface area contributed by atoms with Gasteiger partial charge in [0.1, 0.15) is 0 Å². The van der Waals surface area contributed by atoms with Gasteiger partial charge in [-0.15, -0.1) is 0 Å². The zero-order valence-corrected chi connectivity index (χ0v) is 11.0. The molecule has 1 fully saturated rings. The fourth-order valence-electron chi connectivity index (χ4n) is 2.35. The number of hydrogen-bond donors (Lipinski definition) is 1. The van der Waals surface area contributed by atoms with E-state index < -0.39 is 9.84 Å². The summed E-state index contributed by atoms with van der Waals surface area (Å²) in [5, 5.41) is 3.03. The van der Waals surface area contributed by atoms with Crippen LogP contribution in [0.1, 0.15) is 24.8 Å². The van der Waals surface area contributed by atoms with Crippen molar-refractivity contribution in [3.8, 4) is 0 Å². The molecule has 1 aliphatic rings. The van der Waals surface area contributed by atoms with E-state index in [-0.39, 0.29) is 5.25 Å². The first-order chi connectivity index (χ1) is 8.12. The maximum atomic E-state index is 12.5. The maximum absolute atomic E-state index is 12.5. The summed E-state index contributed by atoms with van der Waals surface area (Å²) in [5.74, 6) is 0. The Morgan fingerprint density at radius 3 is 2.71 bits per heavy atom. The highest BCUT2D eigenvalue weighted by atomic mass is 32.2. The van der Waals surface area contributed by atoms with Crippen molar-refractivity contribution in [2.45, 2.75) is 36.3 Å². The van der Waals surface area contributed by atoms with Crippen LogP contribution in [0.25, 0.3) is 0 Å². The molecule has 3 nitrogen and oxygen atoms in total. The standard InChI is InChI=1S/C13H19NO2S/c1-11-5-2-3-7-13(11)17(15,16)12-6-4-9-14-10-8-12/h2-3,5,7,12,14H,4,6,8-10H2,1H3. The number of sulfone groups is 1. The summed E-state index contributed by atoms with van der Waals surface area (Å²) in [4.78, 5) is 0.506. The number of hydrogen-bond acceptors (Lipinski definition) is 3. The van der Waals surface area contributed by atoms with Gasteiger partial charge >= 0.3 is 0 Å². The molecule has 1 saturated heterocycles. The number of benzene rings is 1. The lowest BCUT2D eigenvalue weighted by molar-refractivity contribution is 0.566. The fourth-order valence-corrected chi connectivity index (χ4v) is 4.40. The van der Waals surface area contributed by atoms with Gasteiger partial charge in [-0.3, -0.25) is 0 Å². The van der Waals surface area contributed by atoms with E-state index in [9.17, 15) is 8.42 Å². The maximum Gasteiger partial charge on any atom is 0.181 e. The van der Waals surface area contributed by atoms with Crippen molar-refractivity contribution in [1.29, 1.82) is 0 Å². The Balaban J connectivity index is 2.32. The molecule has 1 unspecified atom stereocenters. The number of nitrogens with one attached hydrogen (secondary N) is 1. The molecule has 1 atom stereocenters. The Hall–Kier alpha value is -0.870. The van der Waals surface area contributed by atoms with Gasteiger partial charge in [-0.05, 0) is 50.9 Å². The smallest absolute Gasteiger partial charge is 0.181 e. The van der Waals surface area contributed by atoms with Crippen LogP contribution in [0.5, 0.6) is 0 Å². The fraction of sp³-hybridized carbons (Fsp3) is 0.538. The minimum absolute atomic E-state index is 0.224. The molecule has 2 rings (SSSR count). The average molecular weight is 253 g/mol. The first kappa shape index (κ1) is 12.6. The van der Waals surface area contributed by atoms with Gasteiger partial charge in [-0.1, -0.05) is 18.2 Å². The molecule has 4 heteroatoms. The lowest BCUT2D eigenvalue weighted by Gasteiger charge is -2.16. The normalized spacial score (nSPS) is 22.1. The van der Waals surface area contributed by atoms with Crippen LogP contribution in [0.4, 0.5) is 0 Å². The van der Waals surface area contributed by atoms with Gasteiger partial charge in [-0.2, -0.15) is 0 Å². The second kappa shape index (κ2) is 5.19. The van der Waals surface area contributed by atoms with Crippen LogP contribution in [0, 0.1) is 6.92 Å². The molecule has 94 valence electrons. The molecule has 17 heavy (non-hydrogen) atoms. The van der Waals surface area contributed by atoms with Crippen molar-refractivity contribution in [3.63, 3.8) is 0 Å². The molecule has 1 N–H and O–H groups in total. The highest BCUT2D eigenvalue weighted by molar-refractivity contribution is 7.92. The average Bonchev–Trinajstić information content (AvgIpc) is 2.58. The van der Waals surface area contributed by atoms with Gasteiger partial charge in [0.15, 0.2) is 9.84 Å². The molecule has 1 aliphatic heterocycles. The van der Waals surface area contributed by atoms with E-state index in [0.29, 0.717) is 4.90 Å². The van der Waals surface area contributed by atoms with Crippen molar-refractivity contribution in [2.24, 2.45) is 0 Å². The SMILES string of the molecule is Cc1ccccc1S(=O)(=O)C1CCCNCC1. The van der Waals surface area contributed by atoms with Gasteiger partial charge in [0.2, 0.25) is 0 Å². The van der Waals surface area contributed by atoms with E-state index in [4.69, 9.17) is 0 Å². The largest absolute Gasteiger partial charge is 0.317 e. The minimum atomic E-state index is -3.16. The minimum Gasteiger partial charge on any atom is -0.317 e. The third kappa shape index (κ3) is 2.69. The van der Waals surface area contributed by atoms with Crippen LogP contribution in [0.15, 0.2) is 29.2 Å². The Morgan fingerprint density at radius 1 is 1.18 bits per heavy atom. The van der Waals surface area contributed by atoms with Crippen molar-refractivity contribution in [1.82, 2.24) is 5.32 Å². The van der Waals surface area contributed by atoms with Gasteiger partial charge in [0, 0.05) is 0 Å². The molecule has 1 aromatic rings. The van der Waals surface area contributed by atoms with Crippen LogP contribution < -0.4 is 5.32 Å². The lowest BCUT2D eigenvalue weighted by atomic mass is 10.2. The highest BCUT2D eigenvalue weighted by Gasteiger charge is 2.28. The summed E-state index contributed by atoms with van der Waals surface area (Å²) in [6.07, 6.45) is 2.43. The third-order valence-electron chi connectivity index (χ3n) is 3.36. The zero-order chi connectivity index (χ0) is 12.3. The van der Waals surface area contributed by atoms with Gasteiger partial charge in [-0.25, -0.2) is 8.42 Å². The molecule has 0 spiro atoms. The van der Waals surface area contributed by atoms with Crippen LogP contribution in [-0.2, 0) is 9.84 Å². The molecular weight excluding hydrogens is 234 g/mol. The topological polar surface area (TPSA) is 46.2 Å². The molecular formula is C13H19NO2S. The Bertz CT molecular complexity index is 474. The predicted molar refractivity (Wildman–Crippen MR) is 68.9 cm³/mol. The lowest BCUT2D eigenvalue weighted by Crippen LogP contribution is -2.23. The summed E-state index contributed by atoms with van der Waals surface area (Å²) in [6.45, 7) is 3.59. The Labute approximate surface area is 103 Å². The molecule has 0 radical (unpaired) electrons. The zero-order valence-electron chi connectivity index (χ0n) is 10.1. The second-order valence-electron chi connectivity index (χ2n) is 4.61. The van der Waals surface area contributed by atoms with Crippen molar-refractivity contribution >= 4 is 9.84 Å². The van der Waals surface area contributed by atoms with Gasteiger partial charge in [0.05, 0.1) is 10.1 Å². The molecule has 1 aromatic carbocycles. The van der Waals surface area contributed by atoms with Gasteiger partial charge in [0.25, 0.3) is 0 Å². The summed E-state index contributed by atoms with van der Waals surface area (Å²) in [7, 11) is -3.16. The molecule has 1 heterocycles. The van der Waals surface area contributed by atoms with Crippen LogP contribution in [-0.4, -0.2) is 26.8 Å². The molecule has 0 bridgehead atoms. The molecule has 0 saturated carbocycles. The first-order valence-electron chi connectivity index (χ1n) is 6.12. The molecule has 0 amide bonds. The Morgan fingerprint density at radius 2 is 1.94 bits per heavy atom.